The van der Waals surface area contributed by atoms with Gasteiger partial charge in [0.05, 0.1) is 11.1 Å². The average Bonchev–Trinajstić information content (AvgIpc) is 2.78. The summed E-state index contributed by atoms with van der Waals surface area (Å²) in [7, 11) is 0. The molecule has 0 aliphatic heterocycles. The van der Waals surface area contributed by atoms with E-state index in [1.165, 1.54) is 6.92 Å². The predicted molar refractivity (Wildman–Crippen MR) is 122 cm³/mol. The van der Waals surface area contributed by atoms with E-state index < -0.39 is 0 Å². The SMILES string of the molecule is CC(=O)Nc1ccc(NC(=O)c2cc(NCc3cccnc3)nc3ccccc23)cc1. The minimum absolute atomic E-state index is 0.147. The number of anilines is 3. The Bertz CT molecular complexity index is 1220. The van der Waals surface area contributed by atoms with E-state index in [2.05, 4.69) is 25.9 Å². The average molecular weight is 411 g/mol. The fraction of sp³-hybridized carbons (Fsp3) is 0.0833. The number of rotatable bonds is 6. The molecule has 0 radical (unpaired) electrons. The van der Waals surface area contributed by atoms with Gasteiger partial charge in [0.2, 0.25) is 5.91 Å². The van der Waals surface area contributed by atoms with Gasteiger partial charge in [0.25, 0.3) is 5.91 Å². The summed E-state index contributed by atoms with van der Waals surface area (Å²) >= 11 is 0. The molecule has 0 saturated carbocycles. The predicted octanol–water partition coefficient (Wildman–Crippen LogP) is 4.45. The highest BCUT2D eigenvalue weighted by atomic mass is 16.2. The molecule has 0 atom stereocenters. The Morgan fingerprint density at radius 1 is 0.903 bits per heavy atom. The van der Waals surface area contributed by atoms with E-state index in [1.807, 2.05) is 36.4 Å². The molecular formula is C24H21N5O2. The molecule has 2 amide bonds. The van der Waals surface area contributed by atoms with Gasteiger partial charge in [-0.15, -0.1) is 0 Å². The van der Waals surface area contributed by atoms with E-state index in [4.69, 9.17) is 0 Å². The highest BCUT2D eigenvalue weighted by Crippen LogP contribution is 2.23. The molecule has 0 unspecified atom stereocenters. The van der Waals surface area contributed by atoms with Gasteiger partial charge in [-0.3, -0.25) is 14.6 Å². The number of benzene rings is 2. The summed E-state index contributed by atoms with van der Waals surface area (Å²) in [5.74, 6) is 0.218. The van der Waals surface area contributed by atoms with Crippen molar-refractivity contribution < 1.29 is 9.59 Å². The summed E-state index contributed by atoms with van der Waals surface area (Å²) in [6.45, 7) is 2.00. The van der Waals surface area contributed by atoms with Crippen LogP contribution in [0.15, 0.2) is 79.1 Å². The lowest BCUT2D eigenvalue weighted by atomic mass is 10.1. The smallest absolute Gasteiger partial charge is 0.256 e. The van der Waals surface area contributed by atoms with Crippen molar-refractivity contribution >= 4 is 39.9 Å². The zero-order chi connectivity index (χ0) is 21.6. The van der Waals surface area contributed by atoms with Crippen LogP contribution in [0.4, 0.5) is 17.2 Å². The van der Waals surface area contributed by atoms with Gasteiger partial charge in [0.15, 0.2) is 0 Å². The molecule has 3 N–H and O–H groups in total. The van der Waals surface area contributed by atoms with E-state index in [-0.39, 0.29) is 11.8 Å². The molecule has 7 nitrogen and oxygen atoms in total. The quantitative estimate of drug-likeness (QED) is 0.436. The number of nitrogens with zero attached hydrogens (tertiary/aromatic N) is 2. The largest absolute Gasteiger partial charge is 0.366 e. The van der Waals surface area contributed by atoms with Gasteiger partial charge in [0, 0.05) is 42.6 Å². The molecule has 0 aliphatic rings. The van der Waals surface area contributed by atoms with Gasteiger partial charge in [-0.25, -0.2) is 4.98 Å². The normalized spacial score (nSPS) is 10.5. The van der Waals surface area contributed by atoms with Gasteiger partial charge in [-0.2, -0.15) is 0 Å². The van der Waals surface area contributed by atoms with Crippen LogP contribution in [0.3, 0.4) is 0 Å². The first-order valence-electron chi connectivity index (χ1n) is 9.80. The monoisotopic (exact) mass is 411 g/mol. The number of amides is 2. The van der Waals surface area contributed by atoms with E-state index in [1.54, 1.807) is 42.7 Å². The molecule has 154 valence electrons. The number of fused-ring (bicyclic) bond motifs is 1. The third-order valence-corrected chi connectivity index (χ3v) is 4.62. The summed E-state index contributed by atoms with van der Waals surface area (Å²) in [5.41, 5.74) is 3.56. The number of hydrogen-bond donors (Lipinski definition) is 3. The second-order valence-electron chi connectivity index (χ2n) is 7.00. The molecule has 0 fully saturated rings. The summed E-state index contributed by atoms with van der Waals surface area (Å²) < 4.78 is 0. The second-order valence-corrected chi connectivity index (χ2v) is 7.00. The molecule has 4 rings (SSSR count). The molecule has 0 bridgehead atoms. The first-order chi connectivity index (χ1) is 15.1. The zero-order valence-corrected chi connectivity index (χ0v) is 16.9. The van der Waals surface area contributed by atoms with Crippen LogP contribution in [-0.2, 0) is 11.3 Å². The van der Waals surface area contributed by atoms with E-state index in [0.29, 0.717) is 29.3 Å². The Morgan fingerprint density at radius 3 is 2.35 bits per heavy atom. The molecule has 0 spiro atoms. The summed E-state index contributed by atoms with van der Waals surface area (Å²) in [4.78, 5) is 33.0. The Kier molecular flexibility index (Phi) is 5.84. The maximum absolute atomic E-state index is 13.1. The molecule has 4 aromatic rings. The topological polar surface area (TPSA) is 96.0 Å². The number of aromatic nitrogens is 2. The third kappa shape index (κ3) is 5.02. The third-order valence-electron chi connectivity index (χ3n) is 4.62. The Hall–Kier alpha value is -4.26. The lowest BCUT2D eigenvalue weighted by Crippen LogP contribution is -2.14. The second kappa shape index (κ2) is 9.04. The lowest BCUT2D eigenvalue weighted by molar-refractivity contribution is -0.114. The van der Waals surface area contributed by atoms with E-state index in [9.17, 15) is 9.59 Å². The number of hydrogen-bond acceptors (Lipinski definition) is 5. The van der Waals surface area contributed by atoms with Crippen molar-refractivity contribution in [2.24, 2.45) is 0 Å². The molecule has 7 heteroatoms. The molecule has 0 aliphatic carbocycles. The number of carbonyl (C=O) groups is 2. The number of para-hydroxylation sites is 1. The van der Waals surface area contributed by atoms with Crippen molar-refractivity contribution in [1.29, 1.82) is 0 Å². The Labute approximate surface area is 179 Å². The van der Waals surface area contributed by atoms with Crippen molar-refractivity contribution in [1.82, 2.24) is 9.97 Å². The zero-order valence-electron chi connectivity index (χ0n) is 16.9. The Morgan fingerprint density at radius 2 is 1.65 bits per heavy atom. The van der Waals surface area contributed by atoms with Gasteiger partial charge in [0.1, 0.15) is 5.82 Å². The molecule has 2 aromatic heterocycles. The minimum atomic E-state index is -0.240. The molecule has 2 heterocycles. The van der Waals surface area contributed by atoms with Crippen LogP contribution in [0.1, 0.15) is 22.8 Å². The van der Waals surface area contributed by atoms with Gasteiger partial charge < -0.3 is 16.0 Å². The summed E-state index contributed by atoms with van der Waals surface area (Å²) in [6, 6.07) is 20.1. The minimum Gasteiger partial charge on any atom is -0.366 e. The van der Waals surface area contributed by atoms with Crippen molar-refractivity contribution in [2.45, 2.75) is 13.5 Å². The standard InChI is InChI=1S/C24H21N5O2/c1-16(30)27-18-8-10-19(11-9-18)28-24(31)21-13-23(26-15-17-5-4-12-25-14-17)29-22-7-3-2-6-20(21)22/h2-14H,15H2,1H3,(H,26,29)(H,27,30)(H,28,31). The molecule has 0 saturated heterocycles. The van der Waals surface area contributed by atoms with Crippen LogP contribution in [0.2, 0.25) is 0 Å². The first kappa shape index (κ1) is 20.0. The van der Waals surface area contributed by atoms with Crippen molar-refractivity contribution in [2.75, 3.05) is 16.0 Å². The number of pyridine rings is 2. The van der Waals surface area contributed by atoms with Crippen LogP contribution in [0.5, 0.6) is 0 Å². The van der Waals surface area contributed by atoms with E-state index in [0.717, 1.165) is 16.5 Å². The van der Waals surface area contributed by atoms with E-state index >= 15 is 0 Å². The van der Waals surface area contributed by atoms with Gasteiger partial charge in [-0.1, -0.05) is 24.3 Å². The number of nitrogens with one attached hydrogen (secondary N) is 3. The van der Waals surface area contributed by atoms with Crippen molar-refractivity contribution in [3.63, 3.8) is 0 Å². The van der Waals surface area contributed by atoms with Crippen LogP contribution >= 0.6 is 0 Å². The summed E-state index contributed by atoms with van der Waals surface area (Å²) in [5, 5.41) is 9.65. The fourth-order valence-electron chi connectivity index (χ4n) is 3.19. The van der Waals surface area contributed by atoms with Crippen molar-refractivity contribution in [3.05, 3.63) is 90.3 Å². The van der Waals surface area contributed by atoms with Crippen LogP contribution < -0.4 is 16.0 Å². The van der Waals surface area contributed by atoms with Crippen LogP contribution in [0.25, 0.3) is 10.9 Å². The Balaban J connectivity index is 1.57. The summed E-state index contributed by atoms with van der Waals surface area (Å²) in [6.07, 6.45) is 3.51. The van der Waals surface area contributed by atoms with Crippen molar-refractivity contribution in [3.8, 4) is 0 Å². The van der Waals surface area contributed by atoms with Gasteiger partial charge >= 0.3 is 0 Å². The van der Waals surface area contributed by atoms with Crippen LogP contribution in [-0.4, -0.2) is 21.8 Å². The molecular weight excluding hydrogens is 390 g/mol. The maximum Gasteiger partial charge on any atom is 0.256 e. The highest BCUT2D eigenvalue weighted by Gasteiger charge is 2.13. The molecule has 31 heavy (non-hydrogen) atoms. The van der Waals surface area contributed by atoms with Gasteiger partial charge in [-0.05, 0) is 48.0 Å². The number of carbonyl (C=O) groups excluding carboxylic acids is 2. The first-order valence-corrected chi connectivity index (χ1v) is 9.80. The maximum atomic E-state index is 13.1. The lowest BCUT2D eigenvalue weighted by Gasteiger charge is -2.12. The fourth-order valence-corrected chi connectivity index (χ4v) is 3.19. The van der Waals surface area contributed by atoms with Crippen LogP contribution in [0, 0.1) is 0 Å². The molecule has 2 aromatic carbocycles. The highest BCUT2D eigenvalue weighted by molar-refractivity contribution is 6.13.